The molecule has 0 aliphatic rings. The highest BCUT2D eigenvalue weighted by Crippen LogP contribution is 2.03. The zero-order valence-corrected chi connectivity index (χ0v) is 7.94. The van der Waals surface area contributed by atoms with Crippen molar-refractivity contribution in [3.05, 3.63) is 0 Å². The molecule has 0 saturated carbocycles. The van der Waals surface area contributed by atoms with Crippen LogP contribution in [-0.4, -0.2) is 24.2 Å². The van der Waals surface area contributed by atoms with E-state index in [1.807, 2.05) is 13.8 Å². The van der Waals surface area contributed by atoms with Gasteiger partial charge in [0.1, 0.15) is 6.04 Å². The number of rotatable bonds is 4. The van der Waals surface area contributed by atoms with Gasteiger partial charge in [-0.05, 0) is 19.4 Å². The van der Waals surface area contributed by atoms with Crippen LogP contribution in [0, 0.1) is 5.92 Å². The number of likely N-dealkylation sites (N-methyl/N-ethyl adjacent to an activating group) is 1. The van der Waals surface area contributed by atoms with Crippen molar-refractivity contribution in [3.8, 4) is 0 Å². The highest BCUT2D eigenvalue weighted by atomic mass is 35.5. The Hall–Kier alpha value is -0.280. The minimum Gasteiger partial charge on any atom is -0.480 e. The lowest BCUT2D eigenvalue weighted by Gasteiger charge is -2.12. The van der Waals surface area contributed by atoms with E-state index in [9.17, 15) is 4.79 Å². The summed E-state index contributed by atoms with van der Waals surface area (Å²) in [5.74, 6) is -0.343. The fourth-order valence-corrected chi connectivity index (χ4v) is 0.814. The summed E-state index contributed by atoms with van der Waals surface area (Å²) in [4.78, 5) is 10.4. The van der Waals surface area contributed by atoms with Gasteiger partial charge in [0.25, 0.3) is 0 Å². The van der Waals surface area contributed by atoms with Crippen LogP contribution in [0.4, 0.5) is 0 Å². The SMILES string of the molecule is CN[C@H](CC(C)C)C(=O)O.Cl. The third-order valence-corrected chi connectivity index (χ3v) is 1.35. The minimum absolute atomic E-state index is 0. The van der Waals surface area contributed by atoms with Crippen LogP contribution in [0.5, 0.6) is 0 Å². The van der Waals surface area contributed by atoms with Gasteiger partial charge in [-0.15, -0.1) is 12.4 Å². The lowest BCUT2D eigenvalue weighted by atomic mass is 10.0. The Bertz CT molecular complexity index is 117. The molecule has 0 fully saturated rings. The van der Waals surface area contributed by atoms with Gasteiger partial charge in [-0.2, -0.15) is 0 Å². The van der Waals surface area contributed by atoms with E-state index in [1.165, 1.54) is 0 Å². The van der Waals surface area contributed by atoms with E-state index >= 15 is 0 Å². The molecule has 3 nitrogen and oxygen atoms in total. The van der Waals surface area contributed by atoms with Crippen molar-refractivity contribution in [2.45, 2.75) is 26.3 Å². The van der Waals surface area contributed by atoms with Crippen LogP contribution in [0.2, 0.25) is 0 Å². The number of carboxylic acid groups (broad SMARTS) is 1. The molecule has 0 radical (unpaired) electrons. The van der Waals surface area contributed by atoms with E-state index in [1.54, 1.807) is 7.05 Å². The molecule has 0 amide bonds. The van der Waals surface area contributed by atoms with Gasteiger partial charge in [-0.25, -0.2) is 0 Å². The van der Waals surface area contributed by atoms with Crippen LogP contribution in [0.15, 0.2) is 0 Å². The summed E-state index contributed by atoms with van der Waals surface area (Å²) < 4.78 is 0. The monoisotopic (exact) mass is 181 g/mol. The van der Waals surface area contributed by atoms with Gasteiger partial charge in [0.15, 0.2) is 0 Å². The van der Waals surface area contributed by atoms with Crippen LogP contribution in [0.3, 0.4) is 0 Å². The van der Waals surface area contributed by atoms with Crippen molar-refractivity contribution >= 4 is 18.4 Å². The Balaban J connectivity index is 0. The van der Waals surface area contributed by atoms with Crippen LogP contribution < -0.4 is 5.32 Å². The highest BCUT2D eigenvalue weighted by Gasteiger charge is 2.15. The van der Waals surface area contributed by atoms with E-state index in [4.69, 9.17) is 5.11 Å². The molecule has 0 aliphatic carbocycles. The molecule has 0 aromatic heterocycles. The first-order chi connectivity index (χ1) is 4.57. The average Bonchev–Trinajstić information content (AvgIpc) is 1.81. The van der Waals surface area contributed by atoms with E-state index in [2.05, 4.69) is 5.32 Å². The number of carboxylic acids is 1. The Kier molecular flexibility index (Phi) is 7.79. The predicted octanol–water partition coefficient (Wildman–Crippen LogP) is 1.13. The maximum atomic E-state index is 10.4. The first kappa shape index (κ1) is 13.3. The van der Waals surface area contributed by atoms with Crippen molar-refractivity contribution in [2.24, 2.45) is 5.92 Å². The molecule has 0 aromatic carbocycles. The van der Waals surface area contributed by atoms with E-state index in [0.717, 1.165) is 0 Å². The third-order valence-electron chi connectivity index (χ3n) is 1.35. The minimum atomic E-state index is -0.767. The molecule has 0 bridgehead atoms. The molecule has 0 aromatic rings. The molecule has 0 rings (SSSR count). The summed E-state index contributed by atoms with van der Waals surface area (Å²) in [7, 11) is 1.67. The molecule has 11 heavy (non-hydrogen) atoms. The summed E-state index contributed by atoms with van der Waals surface area (Å²) in [5.41, 5.74) is 0. The maximum Gasteiger partial charge on any atom is 0.320 e. The number of aliphatic carboxylic acids is 1. The van der Waals surface area contributed by atoms with Gasteiger partial charge in [0.05, 0.1) is 0 Å². The summed E-state index contributed by atoms with van der Waals surface area (Å²) in [5, 5.41) is 11.3. The molecular weight excluding hydrogens is 166 g/mol. The molecule has 0 heterocycles. The van der Waals surface area contributed by atoms with Gasteiger partial charge in [-0.3, -0.25) is 4.79 Å². The Morgan fingerprint density at radius 1 is 1.55 bits per heavy atom. The Morgan fingerprint density at radius 2 is 2.00 bits per heavy atom. The molecule has 68 valence electrons. The molecule has 4 heteroatoms. The standard InChI is InChI=1S/C7H15NO2.ClH/c1-5(2)4-6(8-3)7(9)10;/h5-6,8H,4H2,1-3H3,(H,9,10);1H/t6-;/m1./s1. The van der Waals surface area contributed by atoms with Gasteiger partial charge >= 0.3 is 5.97 Å². The second-order valence-electron chi connectivity index (χ2n) is 2.81. The van der Waals surface area contributed by atoms with Crippen molar-refractivity contribution in [1.29, 1.82) is 0 Å². The molecule has 0 unspecified atom stereocenters. The van der Waals surface area contributed by atoms with Gasteiger partial charge < -0.3 is 10.4 Å². The number of halogens is 1. The largest absolute Gasteiger partial charge is 0.480 e. The van der Waals surface area contributed by atoms with Gasteiger partial charge in [-0.1, -0.05) is 13.8 Å². The van der Waals surface area contributed by atoms with Crippen molar-refractivity contribution in [3.63, 3.8) is 0 Å². The zero-order valence-electron chi connectivity index (χ0n) is 7.13. The molecule has 0 saturated heterocycles. The molecule has 2 N–H and O–H groups in total. The number of hydrogen-bond donors (Lipinski definition) is 2. The summed E-state index contributed by atoms with van der Waals surface area (Å²) in [6.45, 7) is 4.01. The summed E-state index contributed by atoms with van der Waals surface area (Å²) >= 11 is 0. The molecular formula is C7H16ClNO2. The van der Waals surface area contributed by atoms with E-state index < -0.39 is 5.97 Å². The van der Waals surface area contributed by atoms with Crippen LogP contribution in [-0.2, 0) is 4.79 Å². The smallest absolute Gasteiger partial charge is 0.320 e. The summed E-state index contributed by atoms with van der Waals surface area (Å²) in [6.07, 6.45) is 0.686. The third kappa shape index (κ3) is 6.13. The molecule has 1 atom stereocenters. The fourth-order valence-electron chi connectivity index (χ4n) is 0.814. The van der Waals surface area contributed by atoms with Crippen molar-refractivity contribution in [1.82, 2.24) is 5.32 Å². The molecule has 0 spiro atoms. The normalized spacial score (nSPS) is 12.4. The number of carbonyl (C=O) groups is 1. The van der Waals surface area contributed by atoms with Gasteiger partial charge in [0.2, 0.25) is 0 Å². The zero-order chi connectivity index (χ0) is 8.15. The number of nitrogens with one attached hydrogen (secondary N) is 1. The van der Waals surface area contributed by atoms with Crippen LogP contribution in [0.25, 0.3) is 0 Å². The predicted molar refractivity (Wildman–Crippen MR) is 47.2 cm³/mol. The maximum absolute atomic E-state index is 10.4. The first-order valence-electron chi connectivity index (χ1n) is 3.48. The van der Waals surface area contributed by atoms with Crippen LogP contribution in [0.1, 0.15) is 20.3 Å². The second kappa shape index (κ2) is 6.43. The van der Waals surface area contributed by atoms with Gasteiger partial charge in [0, 0.05) is 0 Å². The molecule has 0 aliphatic heterocycles. The lowest BCUT2D eigenvalue weighted by molar-refractivity contribution is -0.139. The average molecular weight is 182 g/mol. The second-order valence-corrected chi connectivity index (χ2v) is 2.81. The van der Waals surface area contributed by atoms with Crippen LogP contribution >= 0.6 is 12.4 Å². The quantitative estimate of drug-likeness (QED) is 0.684. The Morgan fingerprint density at radius 3 is 2.09 bits per heavy atom. The highest BCUT2D eigenvalue weighted by molar-refractivity contribution is 5.85. The topological polar surface area (TPSA) is 49.3 Å². The van der Waals surface area contributed by atoms with E-state index in [-0.39, 0.29) is 18.4 Å². The Labute approximate surface area is 73.6 Å². The van der Waals surface area contributed by atoms with Crippen molar-refractivity contribution < 1.29 is 9.90 Å². The number of hydrogen-bond acceptors (Lipinski definition) is 2. The fraction of sp³-hybridized carbons (Fsp3) is 0.857. The summed E-state index contributed by atoms with van der Waals surface area (Å²) in [6, 6.07) is -0.389. The lowest BCUT2D eigenvalue weighted by Crippen LogP contribution is -2.34. The van der Waals surface area contributed by atoms with Crippen molar-refractivity contribution in [2.75, 3.05) is 7.05 Å². The first-order valence-corrected chi connectivity index (χ1v) is 3.48. The van der Waals surface area contributed by atoms with E-state index in [0.29, 0.717) is 12.3 Å².